The Morgan fingerprint density at radius 1 is 1.06 bits per heavy atom. The van der Waals surface area contributed by atoms with E-state index in [1.54, 1.807) is 18.4 Å². The molecule has 1 amide bonds. The van der Waals surface area contributed by atoms with Crippen molar-refractivity contribution in [3.05, 3.63) is 82.4 Å². The van der Waals surface area contributed by atoms with E-state index >= 15 is 0 Å². The third-order valence-corrected chi connectivity index (χ3v) is 7.48. The molecule has 5 aromatic rings. The van der Waals surface area contributed by atoms with Gasteiger partial charge in [-0.2, -0.15) is 0 Å². The third kappa shape index (κ3) is 4.40. The molecule has 0 radical (unpaired) electrons. The average Bonchev–Trinajstić information content (AvgIpc) is 3.56. The maximum absolute atomic E-state index is 12.8. The Bertz CT molecular complexity index is 1400. The fourth-order valence-electron chi connectivity index (χ4n) is 3.58. The molecule has 0 bridgehead atoms. The predicted molar refractivity (Wildman–Crippen MR) is 133 cm³/mol. The van der Waals surface area contributed by atoms with Crippen molar-refractivity contribution in [2.45, 2.75) is 13.3 Å². The van der Waals surface area contributed by atoms with Gasteiger partial charge in [0.05, 0.1) is 18.5 Å². The number of benzene rings is 2. The van der Waals surface area contributed by atoms with Crippen LogP contribution in [0.15, 0.2) is 66.2 Å². The fourth-order valence-corrected chi connectivity index (χ4v) is 5.47. The number of fused-ring (bicyclic) bond motifs is 1. The lowest BCUT2D eigenvalue weighted by molar-refractivity contribution is 0.0957. The molecule has 8 heteroatoms. The number of hydrogen-bond acceptors (Lipinski definition) is 6. The van der Waals surface area contributed by atoms with Crippen molar-refractivity contribution >= 4 is 33.5 Å². The number of aromatic nitrogens is 3. The van der Waals surface area contributed by atoms with Crippen LogP contribution in [-0.2, 0) is 6.42 Å². The van der Waals surface area contributed by atoms with Crippen LogP contribution < -0.4 is 10.1 Å². The molecule has 0 aliphatic rings. The predicted octanol–water partition coefficient (Wildman–Crippen LogP) is 5.48. The van der Waals surface area contributed by atoms with Gasteiger partial charge in [-0.1, -0.05) is 41.7 Å². The van der Waals surface area contributed by atoms with E-state index in [-0.39, 0.29) is 5.91 Å². The first kappa shape index (κ1) is 21.4. The molecule has 0 spiro atoms. The van der Waals surface area contributed by atoms with Gasteiger partial charge in [0, 0.05) is 41.4 Å². The minimum absolute atomic E-state index is 0.0764. The summed E-state index contributed by atoms with van der Waals surface area (Å²) in [6.07, 6.45) is 2.67. The molecule has 166 valence electrons. The van der Waals surface area contributed by atoms with Crippen LogP contribution in [0.25, 0.3) is 26.8 Å². The summed E-state index contributed by atoms with van der Waals surface area (Å²) in [7, 11) is 1.65. The number of aryl methyl sites for hydroxylation is 1. The third-order valence-electron chi connectivity index (χ3n) is 5.39. The zero-order valence-corrected chi connectivity index (χ0v) is 19.9. The van der Waals surface area contributed by atoms with Gasteiger partial charge >= 0.3 is 0 Å². The van der Waals surface area contributed by atoms with Crippen molar-refractivity contribution in [2.24, 2.45) is 0 Å². The number of nitrogens with zero attached hydrogens (tertiary/aromatic N) is 3. The van der Waals surface area contributed by atoms with Crippen LogP contribution in [0.3, 0.4) is 0 Å². The lowest BCUT2D eigenvalue weighted by atomic mass is 10.2. The second kappa shape index (κ2) is 9.17. The molecule has 3 heterocycles. The van der Waals surface area contributed by atoms with Crippen molar-refractivity contribution in [1.82, 2.24) is 19.7 Å². The number of carbonyl (C=O) groups is 1. The summed E-state index contributed by atoms with van der Waals surface area (Å²) in [5.41, 5.74) is 4.87. The molecule has 33 heavy (non-hydrogen) atoms. The summed E-state index contributed by atoms with van der Waals surface area (Å²) in [5.74, 6) is 0.733. The van der Waals surface area contributed by atoms with Gasteiger partial charge in [0.25, 0.3) is 5.91 Å². The minimum Gasteiger partial charge on any atom is -0.497 e. The van der Waals surface area contributed by atoms with Crippen LogP contribution in [0.2, 0.25) is 0 Å². The van der Waals surface area contributed by atoms with Crippen LogP contribution in [0.1, 0.15) is 21.1 Å². The molecule has 0 aliphatic heterocycles. The number of ether oxygens (including phenoxy) is 1. The highest BCUT2D eigenvalue weighted by molar-refractivity contribution is 7.19. The van der Waals surface area contributed by atoms with Gasteiger partial charge in [-0.3, -0.25) is 9.20 Å². The highest BCUT2D eigenvalue weighted by Crippen LogP contribution is 2.28. The molecule has 0 aliphatic carbocycles. The molecule has 1 N–H and O–H groups in total. The molecule has 0 atom stereocenters. The summed E-state index contributed by atoms with van der Waals surface area (Å²) < 4.78 is 7.20. The highest BCUT2D eigenvalue weighted by atomic mass is 32.1. The number of thiazole rings is 2. The second-order valence-corrected chi connectivity index (χ2v) is 9.38. The quantitative estimate of drug-likeness (QED) is 0.339. The van der Waals surface area contributed by atoms with Gasteiger partial charge in [0.1, 0.15) is 15.6 Å². The molecular weight excluding hydrogens is 452 g/mol. The topological polar surface area (TPSA) is 68.5 Å². The Labute approximate surface area is 199 Å². The SMILES string of the molecule is COc1ccc(-c2cn3c(C)c(C(=O)NCCc4csc(-c5ccccc5)n4)sc3n2)cc1. The van der Waals surface area contributed by atoms with Crippen LogP contribution in [0.5, 0.6) is 5.75 Å². The van der Waals surface area contributed by atoms with Crippen molar-refractivity contribution in [3.8, 4) is 27.6 Å². The molecule has 0 unspecified atom stereocenters. The van der Waals surface area contributed by atoms with Crippen molar-refractivity contribution in [2.75, 3.05) is 13.7 Å². The van der Waals surface area contributed by atoms with Crippen LogP contribution >= 0.6 is 22.7 Å². The Morgan fingerprint density at radius 2 is 1.85 bits per heavy atom. The van der Waals surface area contributed by atoms with Crippen molar-refractivity contribution < 1.29 is 9.53 Å². The van der Waals surface area contributed by atoms with E-state index in [4.69, 9.17) is 14.7 Å². The molecular formula is C25H22N4O2S2. The number of hydrogen-bond donors (Lipinski definition) is 1. The average molecular weight is 475 g/mol. The largest absolute Gasteiger partial charge is 0.497 e. The number of imidazole rings is 1. The molecule has 3 aromatic heterocycles. The molecule has 0 fully saturated rings. The van der Waals surface area contributed by atoms with Crippen molar-refractivity contribution in [1.29, 1.82) is 0 Å². The molecule has 5 rings (SSSR count). The molecule has 0 saturated carbocycles. The highest BCUT2D eigenvalue weighted by Gasteiger charge is 2.18. The summed E-state index contributed by atoms with van der Waals surface area (Å²) >= 11 is 3.03. The molecule has 0 saturated heterocycles. The fraction of sp³-hybridized carbons (Fsp3) is 0.160. The first-order valence-electron chi connectivity index (χ1n) is 10.5. The Morgan fingerprint density at radius 3 is 2.58 bits per heavy atom. The van der Waals surface area contributed by atoms with Crippen LogP contribution in [0.4, 0.5) is 0 Å². The monoisotopic (exact) mass is 474 g/mol. The summed E-state index contributed by atoms with van der Waals surface area (Å²) in [4.78, 5) is 23.7. The van der Waals surface area contributed by atoms with E-state index in [9.17, 15) is 4.79 Å². The summed E-state index contributed by atoms with van der Waals surface area (Å²) in [5, 5.41) is 6.08. The normalized spacial score (nSPS) is 11.1. The maximum Gasteiger partial charge on any atom is 0.263 e. The number of methoxy groups -OCH3 is 1. The molecule has 6 nitrogen and oxygen atoms in total. The lowest BCUT2D eigenvalue weighted by Gasteiger charge is -2.03. The summed E-state index contributed by atoms with van der Waals surface area (Å²) in [6, 6.07) is 17.9. The standard InChI is InChI=1S/C25H22N4O2S2/c1-16-22(33-25-28-21(14-29(16)25)17-8-10-20(31-2)11-9-17)23(30)26-13-12-19-15-32-24(27-19)18-6-4-3-5-7-18/h3-11,14-15H,12-13H2,1-2H3,(H,26,30). The number of nitrogens with one attached hydrogen (secondary N) is 1. The Balaban J connectivity index is 1.24. The van der Waals surface area contributed by atoms with Crippen LogP contribution in [0, 0.1) is 6.92 Å². The Hall–Kier alpha value is -3.49. The zero-order valence-electron chi connectivity index (χ0n) is 18.2. The van der Waals surface area contributed by atoms with E-state index < -0.39 is 0 Å². The second-order valence-electron chi connectivity index (χ2n) is 7.54. The maximum atomic E-state index is 12.8. The van der Waals surface area contributed by atoms with Crippen molar-refractivity contribution in [3.63, 3.8) is 0 Å². The van der Waals surface area contributed by atoms with Gasteiger partial charge in [-0.05, 0) is 31.2 Å². The minimum atomic E-state index is -0.0764. The first-order chi connectivity index (χ1) is 16.1. The van der Waals surface area contributed by atoms with Gasteiger partial charge in [0.15, 0.2) is 4.96 Å². The number of amides is 1. The molecule has 2 aromatic carbocycles. The lowest BCUT2D eigenvalue weighted by Crippen LogP contribution is -2.25. The van der Waals surface area contributed by atoms with E-state index in [2.05, 4.69) is 22.8 Å². The van der Waals surface area contributed by atoms with Gasteiger partial charge < -0.3 is 10.1 Å². The van der Waals surface area contributed by atoms with E-state index in [0.29, 0.717) is 17.8 Å². The van der Waals surface area contributed by atoms with E-state index in [1.807, 2.05) is 60.0 Å². The zero-order chi connectivity index (χ0) is 22.8. The van der Waals surface area contributed by atoms with Gasteiger partial charge in [0.2, 0.25) is 0 Å². The van der Waals surface area contributed by atoms with Crippen LogP contribution in [-0.4, -0.2) is 33.9 Å². The van der Waals surface area contributed by atoms with Gasteiger partial charge in [-0.25, -0.2) is 9.97 Å². The Kier molecular flexibility index (Phi) is 5.93. The van der Waals surface area contributed by atoms with Gasteiger partial charge in [-0.15, -0.1) is 11.3 Å². The van der Waals surface area contributed by atoms with E-state index in [0.717, 1.165) is 43.9 Å². The number of carbonyl (C=O) groups excluding carboxylic acids is 1. The first-order valence-corrected chi connectivity index (χ1v) is 12.2. The summed E-state index contributed by atoms with van der Waals surface area (Å²) in [6.45, 7) is 2.48. The van der Waals surface area contributed by atoms with E-state index in [1.165, 1.54) is 11.3 Å². The number of rotatable bonds is 7. The smallest absolute Gasteiger partial charge is 0.263 e.